The fourth-order valence-electron chi connectivity index (χ4n) is 2.20. The highest BCUT2D eigenvalue weighted by atomic mass is 16.4. The van der Waals surface area contributed by atoms with Crippen LogP contribution in [0, 0.1) is 0 Å². The van der Waals surface area contributed by atoms with Crippen molar-refractivity contribution < 1.29 is 24.6 Å². The van der Waals surface area contributed by atoms with Crippen molar-refractivity contribution in [2.24, 2.45) is 0 Å². The van der Waals surface area contributed by atoms with Crippen molar-refractivity contribution in [1.82, 2.24) is 15.1 Å². The van der Waals surface area contributed by atoms with Crippen molar-refractivity contribution in [3.63, 3.8) is 0 Å². The van der Waals surface area contributed by atoms with Gasteiger partial charge in [0.1, 0.15) is 6.04 Å². The Hall–Kier alpha value is -1.83. The number of rotatable bonds is 4. The molecule has 0 aliphatic carbocycles. The van der Waals surface area contributed by atoms with Crippen LogP contribution in [0.3, 0.4) is 0 Å². The van der Waals surface area contributed by atoms with E-state index in [1.54, 1.807) is 0 Å². The molecule has 8 heteroatoms. The molecule has 21 heavy (non-hydrogen) atoms. The first-order valence-electron chi connectivity index (χ1n) is 6.86. The molecular formula is C13H23N3O5. The number of carboxylic acids is 2. The van der Waals surface area contributed by atoms with Crippen molar-refractivity contribution >= 4 is 18.0 Å². The monoisotopic (exact) mass is 301 g/mol. The molecule has 1 saturated heterocycles. The average Bonchev–Trinajstić information content (AvgIpc) is 2.36. The van der Waals surface area contributed by atoms with E-state index < -0.39 is 30.4 Å². The molecule has 1 aliphatic heterocycles. The van der Waals surface area contributed by atoms with Crippen LogP contribution in [0.4, 0.5) is 4.79 Å². The Bertz CT molecular complexity index is 411. The molecule has 1 atom stereocenters. The van der Waals surface area contributed by atoms with Crippen molar-refractivity contribution in [2.75, 3.05) is 26.2 Å². The molecule has 1 unspecified atom stereocenters. The summed E-state index contributed by atoms with van der Waals surface area (Å²) >= 11 is 0. The van der Waals surface area contributed by atoms with E-state index in [9.17, 15) is 14.4 Å². The summed E-state index contributed by atoms with van der Waals surface area (Å²) in [5.41, 5.74) is 0.0233. The molecule has 2 amide bonds. The first kappa shape index (κ1) is 17.2. The lowest BCUT2D eigenvalue weighted by Crippen LogP contribution is -2.58. The Kier molecular flexibility index (Phi) is 5.54. The first-order valence-corrected chi connectivity index (χ1v) is 6.86. The average molecular weight is 301 g/mol. The Morgan fingerprint density at radius 3 is 2.00 bits per heavy atom. The quantitative estimate of drug-likeness (QED) is 0.676. The maximum atomic E-state index is 12.0. The van der Waals surface area contributed by atoms with Gasteiger partial charge in [-0.3, -0.25) is 9.69 Å². The number of nitrogens with one attached hydrogen (secondary N) is 1. The van der Waals surface area contributed by atoms with Crippen LogP contribution < -0.4 is 5.32 Å². The molecular weight excluding hydrogens is 278 g/mol. The third kappa shape index (κ3) is 5.22. The summed E-state index contributed by atoms with van der Waals surface area (Å²) < 4.78 is 0. The normalized spacial score (nSPS) is 18.1. The summed E-state index contributed by atoms with van der Waals surface area (Å²) in [5, 5.41) is 19.8. The maximum absolute atomic E-state index is 12.0. The standard InChI is InChI=1S/C13H23N3O5/c1-13(2,3)16-6-4-15(5-7-16)12(21)14-9(11(19)20)8-10(17)18/h9H,4-8H2,1-3H3,(H,14,21)(H,17,18)(H,19,20). The largest absolute Gasteiger partial charge is 0.481 e. The first-order chi connectivity index (χ1) is 9.61. The second kappa shape index (κ2) is 6.75. The number of nitrogens with zero attached hydrogens (tertiary/aromatic N) is 2. The zero-order valence-electron chi connectivity index (χ0n) is 12.6. The van der Waals surface area contributed by atoms with Gasteiger partial charge in [0.15, 0.2) is 0 Å². The lowest BCUT2D eigenvalue weighted by atomic mass is 10.1. The van der Waals surface area contributed by atoms with Crippen LogP contribution in [0.1, 0.15) is 27.2 Å². The molecule has 120 valence electrons. The van der Waals surface area contributed by atoms with E-state index in [1.165, 1.54) is 4.90 Å². The Morgan fingerprint density at radius 2 is 1.62 bits per heavy atom. The molecule has 8 nitrogen and oxygen atoms in total. The Labute approximate surface area is 123 Å². The number of hydrogen-bond acceptors (Lipinski definition) is 4. The Morgan fingerprint density at radius 1 is 1.10 bits per heavy atom. The van der Waals surface area contributed by atoms with Crippen LogP contribution in [0.25, 0.3) is 0 Å². The van der Waals surface area contributed by atoms with Crippen LogP contribution >= 0.6 is 0 Å². The topological polar surface area (TPSA) is 110 Å². The number of amides is 2. The van der Waals surface area contributed by atoms with Gasteiger partial charge in [0, 0.05) is 31.7 Å². The summed E-state index contributed by atoms with van der Waals surface area (Å²) in [6.07, 6.45) is -0.636. The zero-order valence-corrected chi connectivity index (χ0v) is 12.6. The van der Waals surface area contributed by atoms with Gasteiger partial charge < -0.3 is 20.4 Å². The van der Waals surface area contributed by atoms with E-state index in [0.717, 1.165) is 0 Å². The van der Waals surface area contributed by atoms with Gasteiger partial charge in [0.25, 0.3) is 0 Å². The predicted molar refractivity (Wildman–Crippen MR) is 75.1 cm³/mol. The van der Waals surface area contributed by atoms with Gasteiger partial charge >= 0.3 is 18.0 Å². The molecule has 0 bridgehead atoms. The number of carbonyl (C=O) groups is 3. The molecule has 0 radical (unpaired) electrons. The lowest BCUT2D eigenvalue weighted by Gasteiger charge is -2.42. The number of carboxylic acid groups (broad SMARTS) is 2. The molecule has 1 heterocycles. The lowest BCUT2D eigenvalue weighted by molar-refractivity contribution is -0.145. The molecule has 0 saturated carbocycles. The van der Waals surface area contributed by atoms with Crippen molar-refractivity contribution in [3.05, 3.63) is 0 Å². The molecule has 1 rings (SSSR count). The van der Waals surface area contributed by atoms with Gasteiger partial charge in [-0.2, -0.15) is 0 Å². The van der Waals surface area contributed by atoms with Crippen molar-refractivity contribution in [3.8, 4) is 0 Å². The molecule has 1 fully saturated rings. The number of carbonyl (C=O) groups excluding carboxylic acids is 1. The molecule has 0 aromatic rings. The number of urea groups is 1. The summed E-state index contributed by atoms with van der Waals surface area (Å²) in [6.45, 7) is 8.66. The number of aliphatic carboxylic acids is 2. The van der Waals surface area contributed by atoms with Crippen LogP contribution in [0.15, 0.2) is 0 Å². The molecule has 0 aromatic heterocycles. The van der Waals surface area contributed by atoms with Crippen molar-refractivity contribution in [2.45, 2.75) is 38.8 Å². The minimum atomic E-state index is -1.41. The molecule has 1 aliphatic rings. The van der Waals surface area contributed by atoms with Crippen LogP contribution in [-0.4, -0.2) is 75.7 Å². The summed E-state index contributed by atoms with van der Waals surface area (Å²) in [7, 11) is 0. The fraction of sp³-hybridized carbons (Fsp3) is 0.769. The van der Waals surface area contributed by atoms with Gasteiger partial charge in [0.05, 0.1) is 6.42 Å². The highest BCUT2D eigenvalue weighted by Gasteiger charge is 2.30. The van der Waals surface area contributed by atoms with Crippen LogP contribution in [0.2, 0.25) is 0 Å². The second-order valence-electron chi connectivity index (χ2n) is 6.08. The summed E-state index contributed by atoms with van der Waals surface area (Å²) in [6, 6.07) is -1.94. The summed E-state index contributed by atoms with van der Waals surface area (Å²) in [4.78, 5) is 37.3. The van der Waals surface area contributed by atoms with Crippen LogP contribution in [0.5, 0.6) is 0 Å². The third-order valence-corrected chi connectivity index (χ3v) is 3.49. The summed E-state index contributed by atoms with van der Waals surface area (Å²) in [5.74, 6) is -2.61. The van der Waals surface area contributed by atoms with Gasteiger partial charge in [-0.05, 0) is 20.8 Å². The van der Waals surface area contributed by atoms with E-state index >= 15 is 0 Å². The zero-order chi connectivity index (χ0) is 16.2. The van der Waals surface area contributed by atoms with E-state index in [4.69, 9.17) is 10.2 Å². The molecule has 3 N–H and O–H groups in total. The Balaban J connectivity index is 2.53. The maximum Gasteiger partial charge on any atom is 0.326 e. The van der Waals surface area contributed by atoms with Gasteiger partial charge in [-0.1, -0.05) is 0 Å². The van der Waals surface area contributed by atoms with Gasteiger partial charge in [-0.25, -0.2) is 9.59 Å². The van der Waals surface area contributed by atoms with E-state index in [1.807, 2.05) is 0 Å². The SMILES string of the molecule is CC(C)(C)N1CCN(C(=O)NC(CC(=O)O)C(=O)O)CC1. The van der Waals surface area contributed by atoms with E-state index in [0.29, 0.717) is 26.2 Å². The van der Waals surface area contributed by atoms with Crippen molar-refractivity contribution in [1.29, 1.82) is 0 Å². The molecule has 0 aromatic carbocycles. The molecule has 0 spiro atoms. The second-order valence-corrected chi connectivity index (χ2v) is 6.08. The third-order valence-electron chi connectivity index (χ3n) is 3.49. The van der Waals surface area contributed by atoms with Crippen LogP contribution in [-0.2, 0) is 9.59 Å². The van der Waals surface area contributed by atoms with Gasteiger partial charge in [-0.15, -0.1) is 0 Å². The number of piperazine rings is 1. The minimum absolute atomic E-state index is 0.0233. The predicted octanol–water partition coefficient (Wildman–Crippen LogP) is 0.0400. The smallest absolute Gasteiger partial charge is 0.326 e. The fourth-order valence-corrected chi connectivity index (χ4v) is 2.20. The van der Waals surface area contributed by atoms with E-state index in [-0.39, 0.29) is 5.54 Å². The van der Waals surface area contributed by atoms with Gasteiger partial charge in [0.2, 0.25) is 0 Å². The highest BCUT2D eigenvalue weighted by molar-refractivity contribution is 5.86. The van der Waals surface area contributed by atoms with E-state index in [2.05, 4.69) is 31.0 Å². The highest BCUT2D eigenvalue weighted by Crippen LogP contribution is 2.15. The minimum Gasteiger partial charge on any atom is -0.481 e. The number of hydrogen-bond donors (Lipinski definition) is 3.